The first-order valence-corrected chi connectivity index (χ1v) is 11.6. The summed E-state index contributed by atoms with van der Waals surface area (Å²) >= 11 is 0. The number of aryl methyl sites for hydroxylation is 1. The van der Waals surface area contributed by atoms with Crippen molar-refractivity contribution < 1.29 is 23.9 Å². The Kier molecular flexibility index (Phi) is 7.75. The SMILES string of the molecule is Cc1cccc(NC(=O)COC(=O)[C@H]2CC(=O)N(NC(=O)C(c3ccccc3)c3ccccc3)C2)c1. The van der Waals surface area contributed by atoms with Gasteiger partial charge in [0, 0.05) is 12.1 Å². The van der Waals surface area contributed by atoms with E-state index in [1.54, 1.807) is 12.1 Å². The summed E-state index contributed by atoms with van der Waals surface area (Å²) in [5.74, 6) is -3.33. The van der Waals surface area contributed by atoms with E-state index in [4.69, 9.17) is 4.74 Å². The summed E-state index contributed by atoms with van der Waals surface area (Å²) in [6, 6.07) is 25.8. The summed E-state index contributed by atoms with van der Waals surface area (Å²) < 4.78 is 5.14. The highest BCUT2D eigenvalue weighted by Gasteiger charge is 2.37. The van der Waals surface area contributed by atoms with Crippen LogP contribution in [0.1, 0.15) is 29.0 Å². The van der Waals surface area contributed by atoms with Crippen molar-refractivity contribution in [3.05, 3.63) is 102 Å². The van der Waals surface area contributed by atoms with Crippen molar-refractivity contribution >= 4 is 29.4 Å². The third kappa shape index (κ3) is 6.15. The second-order valence-corrected chi connectivity index (χ2v) is 8.66. The van der Waals surface area contributed by atoms with Gasteiger partial charge < -0.3 is 10.1 Å². The van der Waals surface area contributed by atoms with Gasteiger partial charge in [-0.1, -0.05) is 72.8 Å². The minimum atomic E-state index is -0.781. The number of nitrogens with one attached hydrogen (secondary N) is 2. The van der Waals surface area contributed by atoms with Crippen LogP contribution in [0.5, 0.6) is 0 Å². The molecule has 3 aromatic carbocycles. The Bertz CT molecular complexity index is 1210. The van der Waals surface area contributed by atoms with Gasteiger partial charge >= 0.3 is 5.97 Å². The van der Waals surface area contributed by atoms with Gasteiger partial charge in [-0.2, -0.15) is 0 Å². The molecule has 1 aliphatic rings. The lowest BCUT2D eigenvalue weighted by Gasteiger charge is -2.23. The van der Waals surface area contributed by atoms with Crippen molar-refractivity contribution in [2.24, 2.45) is 5.92 Å². The van der Waals surface area contributed by atoms with Gasteiger partial charge in [-0.3, -0.25) is 29.6 Å². The molecule has 184 valence electrons. The predicted molar refractivity (Wildman–Crippen MR) is 133 cm³/mol. The third-order valence-corrected chi connectivity index (χ3v) is 5.88. The van der Waals surface area contributed by atoms with E-state index in [0.717, 1.165) is 21.7 Å². The molecule has 36 heavy (non-hydrogen) atoms. The fourth-order valence-electron chi connectivity index (χ4n) is 4.13. The molecular formula is C28H27N3O5. The molecule has 0 unspecified atom stereocenters. The highest BCUT2D eigenvalue weighted by atomic mass is 16.5. The maximum atomic E-state index is 13.3. The smallest absolute Gasteiger partial charge is 0.311 e. The van der Waals surface area contributed by atoms with Gasteiger partial charge in [-0.15, -0.1) is 0 Å². The number of carbonyl (C=O) groups excluding carboxylic acids is 4. The molecule has 1 aliphatic heterocycles. The van der Waals surface area contributed by atoms with Crippen LogP contribution in [0.2, 0.25) is 0 Å². The summed E-state index contributed by atoms with van der Waals surface area (Å²) in [6.07, 6.45) is -0.111. The number of ether oxygens (including phenoxy) is 1. The molecule has 1 fully saturated rings. The van der Waals surface area contributed by atoms with E-state index >= 15 is 0 Å². The van der Waals surface area contributed by atoms with Gasteiger partial charge in [0.25, 0.3) is 11.8 Å². The maximum Gasteiger partial charge on any atom is 0.311 e. The van der Waals surface area contributed by atoms with E-state index in [1.807, 2.05) is 79.7 Å². The average Bonchev–Trinajstić information content (AvgIpc) is 3.24. The molecule has 0 bridgehead atoms. The van der Waals surface area contributed by atoms with E-state index in [2.05, 4.69) is 10.7 Å². The van der Waals surface area contributed by atoms with Crippen LogP contribution in [0.3, 0.4) is 0 Å². The number of hydrogen-bond donors (Lipinski definition) is 2. The minimum Gasteiger partial charge on any atom is -0.455 e. The van der Waals surface area contributed by atoms with Crippen LogP contribution in [-0.2, 0) is 23.9 Å². The number of benzene rings is 3. The molecule has 2 N–H and O–H groups in total. The van der Waals surface area contributed by atoms with Crippen molar-refractivity contribution in [2.75, 3.05) is 18.5 Å². The third-order valence-electron chi connectivity index (χ3n) is 5.88. The Labute approximate surface area is 209 Å². The zero-order valence-electron chi connectivity index (χ0n) is 19.8. The molecule has 8 heteroatoms. The van der Waals surface area contributed by atoms with Crippen LogP contribution in [0.15, 0.2) is 84.9 Å². The van der Waals surface area contributed by atoms with Gasteiger partial charge in [0.05, 0.1) is 18.4 Å². The van der Waals surface area contributed by atoms with Crippen LogP contribution < -0.4 is 10.7 Å². The number of rotatable bonds is 8. The van der Waals surface area contributed by atoms with Crippen LogP contribution in [0.4, 0.5) is 5.69 Å². The van der Waals surface area contributed by atoms with Crippen molar-refractivity contribution in [1.82, 2.24) is 10.4 Å². The minimum absolute atomic E-state index is 0.0286. The molecule has 0 spiro atoms. The van der Waals surface area contributed by atoms with Crippen LogP contribution in [0.25, 0.3) is 0 Å². The van der Waals surface area contributed by atoms with E-state index in [-0.39, 0.29) is 18.9 Å². The van der Waals surface area contributed by atoms with E-state index in [0.29, 0.717) is 5.69 Å². The normalized spacial score (nSPS) is 15.0. The van der Waals surface area contributed by atoms with Gasteiger partial charge in [-0.25, -0.2) is 0 Å². The summed E-state index contributed by atoms with van der Waals surface area (Å²) in [6.45, 7) is 1.41. The van der Waals surface area contributed by atoms with Crippen LogP contribution in [-0.4, -0.2) is 41.9 Å². The second-order valence-electron chi connectivity index (χ2n) is 8.66. The Hall–Kier alpha value is -4.46. The van der Waals surface area contributed by atoms with Crippen LogP contribution >= 0.6 is 0 Å². The molecule has 3 amide bonds. The Morgan fingerprint density at radius 2 is 1.58 bits per heavy atom. The molecule has 8 nitrogen and oxygen atoms in total. The van der Waals surface area contributed by atoms with Crippen molar-refractivity contribution in [2.45, 2.75) is 19.3 Å². The van der Waals surface area contributed by atoms with E-state index in [9.17, 15) is 19.2 Å². The van der Waals surface area contributed by atoms with Gasteiger partial charge in [0.1, 0.15) is 0 Å². The number of hydrazine groups is 1. The number of esters is 1. The number of anilines is 1. The van der Waals surface area contributed by atoms with E-state index < -0.39 is 36.2 Å². The fourth-order valence-corrected chi connectivity index (χ4v) is 4.13. The van der Waals surface area contributed by atoms with Crippen molar-refractivity contribution in [3.63, 3.8) is 0 Å². The molecule has 4 rings (SSSR count). The first-order chi connectivity index (χ1) is 17.4. The Morgan fingerprint density at radius 1 is 0.944 bits per heavy atom. The van der Waals surface area contributed by atoms with Crippen molar-refractivity contribution in [3.8, 4) is 0 Å². The number of amides is 3. The lowest BCUT2D eigenvalue weighted by atomic mass is 9.91. The topological polar surface area (TPSA) is 105 Å². The quantitative estimate of drug-likeness (QED) is 0.477. The zero-order valence-corrected chi connectivity index (χ0v) is 19.8. The lowest BCUT2D eigenvalue weighted by Crippen LogP contribution is -2.45. The first-order valence-electron chi connectivity index (χ1n) is 11.6. The highest BCUT2D eigenvalue weighted by Crippen LogP contribution is 2.26. The Morgan fingerprint density at radius 3 is 2.19 bits per heavy atom. The average molecular weight is 486 g/mol. The standard InChI is InChI=1S/C28H27N3O5/c1-19-9-8-14-23(15-19)29-24(32)18-36-28(35)22-16-25(33)31(17-22)30-27(34)26(20-10-4-2-5-11-20)21-12-6-3-7-13-21/h2-15,22,26H,16-18H2,1H3,(H,29,32)(H,30,34)/t22-/m0/s1. The van der Waals surface area contributed by atoms with Gasteiger partial charge in [-0.05, 0) is 35.7 Å². The van der Waals surface area contributed by atoms with Crippen molar-refractivity contribution in [1.29, 1.82) is 0 Å². The van der Waals surface area contributed by atoms with Crippen LogP contribution in [0, 0.1) is 12.8 Å². The zero-order chi connectivity index (χ0) is 25.5. The Balaban J connectivity index is 1.34. The molecule has 0 radical (unpaired) electrons. The number of hydrogen-bond acceptors (Lipinski definition) is 5. The summed E-state index contributed by atoms with van der Waals surface area (Å²) in [7, 11) is 0. The summed E-state index contributed by atoms with van der Waals surface area (Å²) in [4.78, 5) is 50.5. The molecule has 0 aromatic heterocycles. The summed E-state index contributed by atoms with van der Waals surface area (Å²) in [5.41, 5.74) is 5.82. The molecule has 1 atom stereocenters. The monoisotopic (exact) mass is 485 g/mol. The highest BCUT2D eigenvalue weighted by molar-refractivity contribution is 5.94. The molecule has 0 aliphatic carbocycles. The van der Waals surface area contributed by atoms with Gasteiger partial charge in [0.2, 0.25) is 5.91 Å². The number of carbonyl (C=O) groups is 4. The predicted octanol–water partition coefficient (Wildman–Crippen LogP) is 3.19. The fraction of sp³-hybridized carbons (Fsp3) is 0.214. The second kappa shape index (κ2) is 11.3. The lowest BCUT2D eigenvalue weighted by molar-refractivity contribution is -0.151. The molecule has 0 saturated carbocycles. The first kappa shape index (κ1) is 24.7. The molecular weight excluding hydrogens is 458 g/mol. The molecule has 3 aromatic rings. The summed E-state index contributed by atoms with van der Waals surface area (Å²) in [5, 5.41) is 3.82. The molecule has 1 heterocycles. The molecule has 1 saturated heterocycles. The maximum absolute atomic E-state index is 13.3. The number of nitrogens with zero attached hydrogens (tertiary/aromatic N) is 1. The van der Waals surface area contributed by atoms with Gasteiger partial charge in [0.15, 0.2) is 6.61 Å². The largest absolute Gasteiger partial charge is 0.455 e. The van der Waals surface area contributed by atoms with E-state index in [1.165, 1.54) is 0 Å².